The minimum atomic E-state index is 0.507. The van der Waals surface area contributed by atoms with Gasteiger partial charge in [0, 0.05) is 12.6 Å². The largest absolute Gasteiger partial charge is 0.317 e. The van der Waals surface area contributed by atoms with Crippen LogP contribution < -0.4 is 5.32 Å². The molecule has 0 saturated heterocycles. The van der Waals surface area contributed by atoms with Crippen LogP contribution in [-0.4, -0.2) is 20.8 Å². The van der Waals surface area contributed by atoms with Crippen molar-refractivity contribution in [2.24, 2.45) is 11.3 Å². The summed E-state index contributed by atoms with van der Waals surface area (Å²) < 4.78 is 2.11. The van der Waals surface area contributed by atoms with E-state index in [1.54, 1.807) is 0 Å². The van der Waals surface area contributed by atoms with E-state index >= 15 is 0 Å². The summed E-state index contributed by atoms with van der Waals surface area (Å²) in [6.07, 6.45) is 8.42. The second-order valence-electron chi connectivity index (χ2n) is 6.80. The Hall–Kier alpha value is -0.900. The van der Waals surface area contributed by atoms with Crippen LogP contribution in [0.5, 0.6) is 0 Å². The predicted molar refractivity (Wildman–Crippen MR) is 82.4 cm³/mol. The van der Waals surface area contributed by atoms with Gasteiger partial charge in [-0.25, -0.2) is 0 Å². The maximum Gasteiger partial charge on any atom is 0.146 e. The van der Waals surface area contributed by atoms with Gasteiger partial charge in [-0.3, -0.25) is 0 Å². The van der Waals surface area contributed by atoms with Crippen molar-refractivity contribution < 1.29 is 0 Å². The van der Waals surface area contributed by atoms with E-state index in [1.807, 2.05) is 6.33 Å². The highest BCUT2D eigenvalue weighted by molar-refractivity contribution is 4.88. The van der Waals surface area contributed by atoms with Gasteiger partial charge >= 0.3 is 0 Å². The Morgan fingerprint density at radius 1 is 1.25 bits per heavy atom. The summed E-state index contributed by atoms with van der Waals surface area (Å²) >= 11 is 0. The minimum Gasteiger partial charge on any atom is -0.317 e. The van der Waals surface area contributed by atoms with Crippen molar-refractivity contribution in [3.8, 4) is 0 Å². The molecule has 4 heteroatoms. The van der Waals surface area contributed by atoms with E-state index in [2.05, 4.69) is 47.8 Å². The van der Waals surface area contributed by atoms with E-state index in [4.69, 9.17) is 0 Å². The van der Waals surface area contributed by atoms with E-state index < -0.39 is 0 Å². The molecule has 0 amide bonds. The molecule has 4 nitrogen and oxygen atoms in total. The first-order valence-electron chi connectivity index (χ1n) is 8.17. The molecule has 1 saturated carbocycles. The molecule has 1 heterocycles. The minimum absolute atomic E-state index is 0.507. The molecule has 20 heavy (non-hydrogen) atoms. The third-order valence-electron chi connectivity index (χ3n) is 5.33. The fourth-order valence-corrected chi connectivity index (χ4v) is 3.28. The predicted octanol–water partition coefficient (Wildman–Crippen LogP) is 3.38. The fraction of sp³-hybridized carbons (Fsp3) is 0.875. The van der Waals surface area contributed by atoms with Crippen molar-refractivity contribution in [2.75, 3.05) is 0 Å². The number of nitrogens with zero attached hydrogens (tertiary/aromatic N) is 3. The zero-order valence-electron chi connectivity index (χ0n) is 13.5. The maximum atomic E-state index is 4.19. The number of hydrogen-bond acceptors (Lipinski definition) is 3. The van der Waals surface area contributed by atoms with Gasteiger partial charge in [-0.15, -0.1) is 10.2 Å². The average molecular weight is 278 g/mol. The lowest BCUT2D eigenvalue weighted by Gasteiger charge is -2.39. The van der Waals surface area contributed by atoms with Crippen molar-refractivity contribution in [2.45, 2.75) is 78.9 Å². The van der Waals surface area contributed by atoms with Crippen molar-refractivity contribution in [3.05, 3.63) is 12.2 Å². The van der Waals surface area contributed by atoms with Gasteiger partial charge in [0.25, 0.3) is 0 Å². The molecule has 0 spiro atoms. The summed E-state index contributed by atoms with van der Waals surface area (Å²) in [6, 6.07) is 0.654. The van der Waals surface area contributed by atoms with Gasteiger partial charge in [0.1, 0.15) is 12.2 Å². The van der Waals surface area contributed by atoms with E-state index in [-0.39, 0.29) is 0 Å². The number of rotatable bonds is 6. The van der Waals surface area contributed by atoms with Gasteiger partial charge in [0.05, 0.1) is 6.54 Å². The zero-order chi connectivity index (χ0) is 14.6. The average Bonchev–Trinajstić information content (AvgIpc) is 2.93. The quantitative estimate of drug-likeness (QED) is 0.867. The molecule has 1 N–H and O–H groups in total. The lowest BCUT2D eigenvalue weighted by molar-refractivity contribution is 0.136. The molecule has 1 aliphatic rings. The highest BCUT2D eigenvalue weighted by atomic mass is 15.3. The molecule has 0 aliphatic heterocycles. The topological polar surface area (TPSA) is 42.7 Å². The lowest BCUT2D eigenvalue weighted by Crippen LogP contribution is -2.37. The second-order valence-corrected chi connectivity index (χ2v) is 6.80. The van der Waals surface area contributed by atoms with Crippen molar-refractivity contribution in [1.29, 1.82) is 0 Å². The molecule has 2 rings (SSSR count). The highest BCUT2D eigenvalue weighted by Gasteiger charge is 2.31. The van der Waals surface area contributed by atoms with Gasteiger partial charge in [-0.1, -0.05) is 27.2 Å². The molecule has 1 aromatic rings. The van der Waals surface area contributed by atoms with Crippen LogP contribution in [0.4, 0.5) is 0 Å². The zero-order valence-corrected chi connectivity index (χ0v) is 13.5. The van der Waals surface area contributed by atoms with Crippen LogP contribution in [-0.2, 0) is 13.1 Å². The Morgan fingerprint density at radius 3 is 2.55 bits per heavy atom. The Morgan fingerprint density at radius 2 is 1.95 bits per heavy atom. The number of aryl methyl sites for hydroxylation is 1. The molecule has 0 atom stereocenters. The summed E-state index contributed by atoms with van der Waals surface area (Å²) in [5.41, 5.74) is 0.507. The van der Waals surface area contributed by atoms with Gasteiger partial charge in [-0.2, -0.15) is 0 Å². The first-order chi connectivity index (χ1) is 9.56. The lowest BCUT2D eigenvalue weighted by atomic mass is 9.69. The highest BCUT2D eigenvalue weighted by Crippen LogP contribution is 2.40. The van der Waals surface area contributed by atoms with Gasteiger partial charge in [0.15, 0.2) is 0 Å². The Bertz CT molecular complexity index is 402. The van der Waals surface area contributed by atoms with Crippen LogP contribution in [0.25, 0.3) is 0 Å². The summed E-state index contributed by atoms with van der Waals surface area (Å²) in [7, 11) is 0. The molecular weight excluding hydrogens is 248 g/mol. The summed E-state index contributed by atoms with van der Waals surface area (Å²) in [4.78, 5) is 0. The molecular formula is C16H30N4. The summed E-state index contributed by atoms with van der Waals surface area (Å²) in [5, 5.41) is 11.8. The van der Waals surface area contributed by atoms with Crippen LogP contribution in [0, 0.1) is 11.3 Å². The molecule has 1 fully saturated rings. The molecule has 0 bridgehead atoms. The van der Waals surface area contributed by atoms with Crippen LogP contribution in [0.1, 0.15) is 65.6 Å². The first kappa shape index (κ1) is 15.5. The molecule has 1 aliphatic carbocycles. The molecule has 114 valence electrons. The van der Waals surface area contributed by atoms with E-state index in [9.17, 15) is 0 Å². The van der Waals surface area contributed by atoms with Gasteiger partial charge < -0.3 is 9.88 Å². The fourth-order valence-electron chi connectivity index (χ4n) is 3.28. The smallest absolute Gasteiger partial charge is 0.146 e. The maximum absolute atomic E-state index is 4.19. The molecule has 0 unspecified atom stereocenters. The van der Waals surface area contributed by atoms with E-state index in [1.165, 1.54) is 32.1 Å². The van der Waals surface area contributed by atoms with E-state index in [0.29, 0.717) is 11.5 Å². The second kappa shape index (κ2) is 6.70. The number of hydrogen-bond donors (Lipinski definition) is 1. The van der Waals surface area contributed by atoms with Crippen LogP contribution in [0.3, 0.4) is 0 Å². The Kier molecular flexibility index (Phi) is 5.19. The number of aromatic nitrogens is 3. The SMILES string of the molecule is CCn1cnnc1CNC1CCC(C(C)(C)CC)CC1. The molecule has 0 radical (unpaired) electrons. The van der Waals surface area contributed by atoms with Crippen molar-refractivity contribution in [1.82, 2.24) is 20.1 Å². The van der Waals surface area contributed by atoms with E-state index in [0.717, 1.165) is 24.8 Å². The number of nitrogens with one attached hydrogen (secondary N) is 1. The summed E-state index contributed by atoms with van der Waals surface area (Å²) in [5.74, 6) is 1.95. The standard InChI is InChI=1S/C16H30N4/c1-5-16(3,4)13-7-9-14(10-8-13)17-11-15-19-18-12-20(15)6-2/h12-14,17H,5-11H2,1-4H3. The normalized spacial score (nSPS) is 24.0. The molecule has 0 aromatic carbocycles. The molecule has 1 aromatic heterocycles. The van der Waals surface area contributed by atoms with Crippen LogP contribution in [0.2, 0.25) is 0 Å². The monoisotopic (exact) mass is 278 g/mol. The summed E-state index contributed by atoms with van der Waals surface area (Å²) in [6.45, 7) is 11.1. The van der Waals surface area contributed by atoms with Gasteiger partial charge in [0.2, 0.25) is 0 Å². The Labute approximate surface area is 123 Å². The van der Waals surface area contributed by atoms with Crippen molar-refractivity contribution in [3.63, 3.8) is 0 Å². The van der Waals surface area contributed by atoms with Crippen molar-refractivity contribution >= 4 is 0 Å². The van der Waals surface area contributed by atoms with Crippen LogP contribution in [0.15, 0.2) is 6.33 Å². The third kappa shape index (κ3) is 3.60. The van der Waals surface area contributed by atoms with Gasteiger partial charge in [-0.05, 0) is 43.9 Å². The third-order valence-corrected chi connectivity index (χ3v) is 5.33. The van der Waals surface area contributed by atoms with Crippen LogP contribution >= 0.6 is 0 Å². The Balaban J connectivity index is 1.78. The first-order valence-corrected chi connectivity index (χ1v) is 8.17.